The first-order valence-electron chi connectivity index (χ1n) is 10.1. The van der Waals surface area contributed by atoms with Gasteiger partial charge in [-0.3, -0.25) is 4.99 Å². The van der Waals surface area contributed by atoms with Crippen LogP contribution in [0.15, 0.2) is 29.3 Å². The molecule has 0 radical (unpaired) electrons. The second-order valence-corrected chi connectivity index (χ2v) is 7.33. The lowest BCUT2D eigenvalue weighted by atomic mass is 9.94. The molecule has 1 aliphatic heterocycles. The zero-order valence-electron chi connectivity index (χ0n) is 17.9. The molecule has 0 amide bonds. The smallest absolute Gasteiger partial charge is 0.191 e. The summed E-state index contributed by atoms with van der Waals surface area (Å²) in [5.41, 5.74) is 0.558. The standard InChI is InChI=1S/C21H35N3O4.HI/c1-5-22-20(24-15-21(26-4)10-12-27-13-11-21)23-14-19(25)17-6-8-18(9-7-17)28-16(2)3;/h6-9,16,19,25H,5,10-15H2,1-4H3,(H2,22,23,24);1H. The number of hydrogen-bond acceptors (Lipinski definition) is 5. The highest BCUT2D eigenvalue weighted by Crippen LogP contribution is 2.24. The Bertz CT molecular complexity index is 604. The van der Waals surface area contributed by atoms with Crippen LogP contribution in [0.1, 0.15) is 45.3 Å². The fraction of sp³-hybridized carbons (Fsp3) is 0.667. The first kappa shape index (κ1) is 25.9. The average Bonchev–Trinajstić information content (AvgIpc) is 2.70. The van der Waals surface area contributed by atoms with E-state index >= 15 is 0 Å². The van der Waals surface area contributed by atoms with Crippen LogP contribution in [0.25, 0.3) is 0 Å². The first-order chi connectivity index (χ1) is 13.5. The highest BCUT2D eigenvalue weighted by Gasteiger charge is 2.32. The van der Waals surface area contributed by atoms with Crippen molar-refractivity contribution < 1.29 is 19.3 Å². The summed E-state index contributed by atoms with van der Waals surface area (Å²) < 4.78 is 16.8. The van der Waals surface area contributed by atoms with Crippen molar-refractivity contribution in [2.75, 3.05) is 40.0 Å². The Morgan fingerprint density at radius 1 is 1.21 bits per heavy atom. The first-order valence-corrected chi connectivity index (χ1v) is 10.1. The maximum atomic E-state index is 10.5. The number of guanidine groups is 1. The van der Waals surface area contributed by atoms with Gasteiger partial charge in [-0.05, 0) is 38.5 Å². The maximum Gasteiger partial charge on any atom is 0.191 e. The number of rotatable bonds is 9. The highest BCUT2D eigenvalue weighted by molar-refractivity contribution is 14.0. The molecule has 1 aromatic rings. The number of ether oxygens (including phenoxy) is 3. The third kappa shape index (κ3) is 8.65. The van der Waals surface area contributed by atoms with E-state index in [1.54, 1.807) is 7.11 Å². The van der Waals surface area contributed by atoms with E-state index in [4.69, 9.17) is 14.2 Å². The molecule has 1 atom stereocenters. The number of benzene rings is 1. The highest BCUT2D eigenvalue weighted by atomic mass is 127. The average molecular weight is 521 g/mol. The van der Waals surface area contributed by atoms with Gasteiger partial charge in [-0.15, -0.1) is 24.0 Å². The Labute approximate surface area is 191 Å². The summed E-state index contributed by atoms with van der Waals surface area (Å²) in [5.74, 6) is 1.47. The minimum absolute atomic E-state index is 0. The number of methoxy groups -OCH3 is 1. The number of halogens is 1. The molecular weight excluding hydrogens is 485 g/mol. The van der Waals surface area contributed by atoms with Crippen LogP contribution >= 0.6 is 24.0 Å². The van der Waals surface area contributed by atoms with E-state index < -0.39 is 6.10 Å². The second-order valence-electron chi connectivity index (χ2n) is 7.33. The van der Waals surface area contributed by atoms with Crippen molar-refractivity contribution in [3.05, 3.63) is 29.8 Å². The maximum absolute atomic E-state index is 10.5. The SMILES string of the molecule is CCNC(=NCC1(OC)CCOCC1)NCC(O)c1ccc(OC(C)C)cc1.I. The largest absolute Gasteiger partial charge is 0.491 e. The Balaban J connectivity index is 0.00000420. The molecule has 0 saturated carbocycles. The molecule has 166 valence electrons. The monoisotopic (exact) mass is 521 g/mol. The van der Waals surface area contributed by atoms with Crippen molar-refractivity contribution in [3.8, 4) is 5.75 Å². The normalized spacial score (nSPS) is 17.4. The minimum Gasteiger partial charge on any atom is -0.491 e. The molecule has 1 aromatic carbocycles. The van der Waals surface area contributed by atoms with Gasteiger partial charge >= 0.3 is 0 Å². The minimum atomic E-state index is -0.642. The lowest BCUT2D eigenvalue weighted by Crippen LogP contribution is -2.44. The summed E-state index contributed by atoms with van der Waals surface area (Å²) in [4.78, 5) is 4.68. The summed E-state index contributed by atoms with van der Waals surface area (Å²) in [6, 6.07) is 7.53. The van der Waals surface area contributed by atoms with Crippen LogP contribution in [-0.2, 0) is 9.47 Å². The van der Waals surface area contributed by atoms with Gasteiger partial charge in [0.05, 0.1) is 24.4 Å². The molecule has 1 saturated heterocycles. The van der Waals surface area contributed by atoms with Crippen LogP contribution in [0.4, 0.5) is 0 Å². The van der Waals surface area contributed by atoms with E-state index in [-0.39, 0.29) is 35.7 Å². The van der Waals surface area contributed by atoms with E-state index in [0.717, 1.165) is 30.7 Å². The molecule has 2 rings (SSSR count). The van der Waals surface area contributed by atoms with Gasteiger partial charge in [0.15, 0.2) is 5.96 Å². The molecule has 0 aliphatic carbocycles. The molecule has 1 aliphatic rings. The summed E-state index contributed by atoms with van der Waals surface area (Å²) in [5, 5.41) is 16.9. The zero-order valence-corrected chi connectivity index (χ0v) is 20.3. The van der Waals surface area contributed by atoms with Crippen molar-refractivity contribution >= 4 is 29.9 Å². The zero-order chi connectivity index (χ0) is 20.4. The van der Waals surface area contributed by atoms with E-state index in [2.05, 4.69) is 15.6 Å². The van der Waals surface area contributed by atoms with E-state index in [0.29, 0.717) is 32.3 Å². The molecule has 29 heavy (non-hydrogen) atoms. The van der Waals surface area contributed by atoms with Crippen molar-refractivity contribution in [1.82, 2.24) is 10.6 Å². The van der Waals surface area contributed by atoms with Crippen molar-refractivity contribution in [1.29, 1.82) is 0 Å². The van der Waals surface area contributed by atoms with Gasteiger partial charge in [0.1, 0.15) is 5.75 Å². The molecule has 1 unspecified atom stereocenters. The Kier molecular flexibility index (Phi) is 11.9. The summed E-state index contributed by atoms with van der Waals surface area (Å²) >= 11 is 0. The van der Waals surface area contributed by atoms with Gasteiger partial charge in [-0.2, -0.15) is 0 Å². The topological polar surface area (TPSA) is 84.3 Å². The number of aliphatic hydroxyl groups excluding tert-OH is 1. The second kappa shape index (κ2) is 13.3. The van der Waals surface area contributed by atoms with Crippen LogP contribution < -0.4 is 15.4 Å². The molecule has 3 N–H and O–H groups in total. The molecular formula is C21H36IN3O4. The van der Waals surface area contributed by atoms with Gasteiger partial charge in [-0.25, -0.2) is 0 Å². The number of hydrogen-bond donors (Lipinski definition) is 3. The van der Waals surface area contributed by atoms with E-state index in [1.165, 1.54) is 0 Å². The number of nitrogens with zero attached hydrogens (tertiary/aromatic N) is 1. The molecule has 1 fully saturated rings. The molecule has 0 aromatic heterocycles. The Hall–Kier alpha value is -1.10. The third-order valence-corrected chi connectivity index (χ3v) is 4.81. The Morgan fingerprint density at radius 3 is 2.41 bits per heavy atom. The Morgan fingerprint density at radius 2 is 1.86 bits per heavy atom. The molecule has 0 spiro atoms. The van der Waals surface area contributed by atoms with Crippen molar-refractivity contribution in [2.45, 2.75) is 51.4 Å². The quantitative estimate of drug-likeness (QED) is 0.264. The predicted molar refractivity (Wildman–Crippen MR) is 126 cm³/mol. The fourth-order valence-corrected chi connectivity index (χ4v) is 3.09. The van der Waals surface area contributed by atoms with Crippen LogP contribution in [-0.4, -0.2) is 62.7 Å². The van der Waals surface area contributed by atoms with Crippen LogP contribution in [0, 0.1) is 0 Å². The van der Waals surface area contributed by atoms with E-state index in [1.807, 2.05) is 45.0 Å². The van der Waals surface area contributed by atoms with Gasteiger partial charge < -0.3 is 30.0 Å². The number of aliphatic hydroxyl groups is 1. The third-order valence-electron chi connectivity index (χ3n) is 4.81. The lowest BCUT2D eigenvalue weighted by Gasteiger charge is -2.34. The van der Waals surface area contributed by atoms with Crippen LogP contribution in [0.3, 0.4) is 0 Å². The summed E-state index contributed by atoms with van der Waals surface area (Å²) in [7, 11) is 1.73. The number of aliphatic imine (C=N–C) groups is 1. The molecule has 1 heterocycles. The molecule has 8 heteroatoms. The van der Waals surface area contributed by atoms with Crippen LogP contribution in [0.2, 0.25) is 0 Å². The van der Waals surface area contributed by atoms with E-state index in [9.17, 15) is 5.11 Å². The van der Waals surface area contributed by atoms with Gasteiger partial charge in [0.2, 0.25) is 0 Å². The van der Waals surface area contributed by atoms with Gasteiger partial charge in [-0.1, -0.05) is 12.1 Å². The van der Waals surface area contributed by atoms with Gasteiger partial charge in [0.25, 0.3) is 0 Å². The van der Waals surface area contributed by atoms with Gasteiger partial charge in [0, 0.05) is 46.3 Å². The fourth-order valence-electron chi connectivity index (χ4n) is 3.09. The molecule has 0 bridgehead atoms. The van der Waals surface area contributed by atoms with Crippen LogP contribution in [0.5, 0.6) is 5.75 Å². The van der Waals surface area contributed by atoms with Crippen molar-refractivity contribution in [2.24, 2.45) is 4.99 Å². The van der Waals surface area contributed by atoms with Crippen molar-refractivity contribution in [3.63, 3.8) is 0 Å². The summed E-state index contributed by atoms with van der Waals surface area (Å²) in [6.45, 7) is 9.04. The summed E-state index contributed by atoms with van der Waals surface area (Å²) in [6.07, 6.45) is 1.15. The predicted octanol–water partition coefficient (Wildman–Crippen LogP) is 2.88. The number of nitrogens with one attached hydrogen (secondary N) is 2. The lowest BCUT2D eigenvalue weighted by molar-refractivity contribution is -0.0828. The molecule has 7 nitrogen and oxygen atoms in total.